The number of benzene rings is 1. The summed E-state index contributed by atoms with van der Waals surface area (Å²) in [5, 5.41) is 0. The molecule has 0 bridgehead atoms. The fourth-order valence-corrected chi connectivity index (χ4v) is 4.42. The molecule has 0 amide bonds. The Labute approximate surface area is 123 Å². The van der Waals surface area contributed by atoms with Crippen LogP contribution < -0.4 is 0 Å². The van der Waals surface area contributed by atoms with Gasteiger partial charge in [-0.3, -0.25) is 0 Å². The number of hydrogen-bond donors (Lipinski definition) is 0. The molecule has 106 valence electrons. The molecule has 0 aliphatic carbocycles. The van der Waals surface area contributed by atoms with Crippen LogP contribution in [0.3, 0.4) is 0 Å². The third-order valence-electron chi connectivity index (χ3n) is 3.23. The van der Waals surface area contributed by atoms with Crippen LogP contribution in [0.4, 0.5) is 0 Å². The Morgan fingerprint density at radius 2 is 1.68 bits per heavy atom. The Morgan fingerprint density at radius 3 is 2.11 bits per heavy atom. The van der Waals surface area contributed by atoms with Gasteiger partial charge in [-0.05, 0) is 0 Å². The molecule has 19 heavy (non-hydrogen) atoms. The monoisotopic (exact) mass is 327 g/mol. The van der Waals surface area contributed by atoms with Crippen molar-refractivity contribution in [1.29, 1.82) is 0 Å². The third kappa shape index (κ3) is 4.76. The van der Waals surface area contributed by atoms with E-state index in [1.165, 1.54) is 5.56 Å². The van der Waals surface area contributed by atoms with E-state index in [-0.39, 0.29) is 20.4 Å². The van der Waals surface area contributed by atoms with E-state index in [2.05, 4.69) is 50.2 Å². The summed E-state index contributed by atoms with van der Waals surface area (Å²) >= 11 is -0.0384. The van der Waals surface area contributed by atoms with Gasteiger partial charge in [-0.15, -0.1) is 0 Å². The number of nitrogens with zero attached hydrogens (tertiary/aromatic N) is 1. The van der Waals surface area contributed by atoms with Gasteiger partial charge >= 0.3 is 123 Å². The Kier molecular flexibility index (Phi) is 5.79. The summed E-state index contributed by atoms with van der Waals surface area (Å²) in [6.45, 7) is 8.24. The van der Waals surface area contributed by atoms with Gasteiger partial charge in [0, 0.05) is 0 Å². The van der Waals surface area contributed by atoms with Gasteiger partial charge in [-0.2, -0.15) is 0 Å². The molecule has 0 saturated heterocycles. The SMILES string of the molecule is C[C@@H]([C@@H]([Se]C(=O)C(C)(C)C)c1ccccc1)N(C)C. The van der Waals surface area contributed by atoms with Gasteiger partial charge in [0.1, 0.15) is 0 Å². The van der Waals surface area contributed by atoms with Crippen molar-refractivity contribution in [3.63, 3.8) is 0 Å². The van der Waals surface area contributed by atoms with Crippen LogP contribution in [-0.4, -0.2) is 44.7 Å². The molecule has 0 heterocycles. The van der Waals surface area contributed by atoms with Crippen LogP contribution in [0.1, 0.15) is 38.1 Å². The molecular weight excluding hydrogens is 301 g/mol. The Morgan fingerprint density at radius 1 is 1.16 bits per heavy atom. The van der Waals surface area contributed by atoms with Crippen molar-refractivity contribution in [2.75, 3.05) is 14.1 Å². The summed E-state index contributed by atoms with van der Waals surface area (Å²) in [5.74, 6) is 0. The second kappa shape index (κ2) is 6.69. The van der Waals surface area contributed by atoms with Crippen LogP contribution >= 0.6 is 0 Å². The van der Waals surface area contributed by atoms with Crippen molar-refractivity contribution < 1.29 is 4.79 Å². The maximum atomic E-state index is 12.4. The van der Waals surface area contributed by atoms with Gasteiger partial charge in [0.15, 0.2) is 0 Å². The summed E-state index contributed by atoms with van der Waals surface area (Å²) in [7, 11) is 4.16. The van der Waals surface area contributed by atoms with Gasteiger partial charge in [0.2, 0.25) is 0 Å². The van der Waals surface area contributed by atoms with Crippen molar-refractivity contribution >= 4 is 19.6 Å². The third-order valence-corrected chi connectivity index (χ3v) is 6.89. The number of carbonyl (C=O) groups is 1. The molecule has 2 atom stereocenters. The number of rotatable bonds is 5. The zero-order valence-corrected chi connectivity index (χ0v) is 14.5. The molecule has 0 spiro atoms. The molecule has 0 aliphatic rings. The molecule has 1 aromatic rings. The van der Waals surface area contributed by atoms with E-state index >= 15 is 0 Å². The van der Waals surface area contributed by atoms with Crippen LogP contribution in [0.2, 0.25) is 0 Å². The van der Waals surface area contributed by atoms with Gasteiger partial charge in [-0.1, -0.05) is 0 Å². The van der Waals surface area contributed by atoms with Crippen LogP contribution in [-0.2, 0) is 4.79 Å². The van der Waals surface area contributed by atoms with E-state index in [0.717, 1.165) is 0 Å². The van der Waals surface area contributed by atoms with E-state index in [0.29, 0.717) is 15.5 Å². The normalized spacial score (nSPS) is 15.3. The zero-order chi connectivity index (χ0) is 14.6. The quantitative estimate of drug-likeness (QED) is 0.776. The molecule has 1 rings (SSSR count). The first-order valence-corrected chi connectivity index (χ1v) is 8.50. The Hall–Kier alpha value is -0.631. The van der Waals surface area contributed by atoms with Crippen LogP contribution in [0.25, 0.3) is 0 Å². The van der Waals surface area contributed by atoms with Gasteiger partial charge in [0.05, 0.1) is 0 Å². The van der Waals surface area contributed by atoms with Crippen molar-refractivity contribution in [3.05, 3.63) is 35.9 Å². The second-order valence-corrected chi connectivity index (χ2v) is 8.53. The van der Waals surface area contributed by atoms with Crippen molar-refractivity contribution in [1.82, 2.24) is 4.90 Å². The molecule has 0 aromatic heterocycles. The van der Waals surface area contributed by atoms with Crippen LogP contribution in [0.5, 0.6) is 0 Å². The van der Waals surface area contributed by atoms with Crippen molar-refractivity contribution in [2.24, 2.45) is 5.41 Å². The standard InChI is InChI=1S/C16H25NOSe/c1-12(17(5)6)14(13-10-8-7-9-11-13)19-15(18)16(2,3)4/h7-12,14H,1-6H3/t12-,14+/m0/s1. The summed E-state index contributed by atoms with van der Waals surface area (Å²) in [6, 6.07) is 10.8. The molecule has 3 heteroatoms. The fourth-order valence-electron chi connectivity index (χ4n) is 1.65. The summed E-state index contributed by atoms with van der Waals surface area (Å²) in [4.78, 5) is 14.9. The van der Waals surface area contributed by atoms with E-state index in [9.17, 15) is 4.79 Å². The first-order valence-electron chi connectivity index (χ1n) is 6.66. The predicted octanol–water partition coefficient (Wildman–Crippen LogP) is 2.95. The van der Waals surface area contributed by atoms with Gasteiger partial charge in [-0.25, -0.2) is 0 Å². The average Bonchev–Trinajstić information content (AvgIpc) is 2.34. The first kappa shape index (κ1) is 16.4. The number of carbonyl (C=O) groups excluding carboxylic acids is 1. The van der Waals surface area contributed by atoms with Gasteiger partial charge < -0.3 is 0 Å². The average molecular weight is 326 g/mol. The van der Waals surface area contributed by atoms with E-state index in [1.807, 2.05) is 26.8 Å². The molecule has 0 fully saturated rings. The number of hydrogen-bond acceptors (Lipinski definition) is 2. The molecule has 0 aliphatic heterocycles. The summed E-state index contributed by atoms with van der Waals surface area (Å²) in [5.41, 5.74) is 1.04. The van der Waals surface area contributed by atoms with Crippen molar-refractivity contribution in [3.8, 4) is 0 Å². The van der Waals surface area contributed by atoms with E-state index in [4.69, 9.17) is 0 Å². The molecular formula is C16H25NOSe. The number of likely N-dealkylation sites (N-methyl/N-ethyl adjacent to an activating group) is 1. The summed E-state index contributed by atoms with van der Waals surface area (Å²) in [6.07, 6.45) is 0. The minimum absolute atomic E-state index is 0.0384. The summed E-state index contributed by atoms with van der Waals surface area (Å²) < 4.78 is 0.391. The van der Waals surface area contributed by atoms with Crippen LogP contribution in [0, 0.1) is 5.41 Å². The minimum atomic E-state index is -0.237. The molecule has 0 N–H and O–H groups in total. The Balaban J connectivity index is 2.98. The predicted molar refractivity (Wildman–Crippen MR) is 82.5 cm³/mol. The fraction of sp³-hybridized carbons (Fsp3) is 0.562. The van der Waals surface area contributed by atoms with E-state index in [1.54, 1.807) is 0 Å². The molecule has 0 unspecified atom stereocenters. The first-order chi connectivity index (χ1) is 8.73. The van der Waals surface area contributed by atoms with Crippen LogP contribution in [0.15, 0.2) is 30.3 Å². The van der Waals surface area contributed by atoms with E-state index < -0.39 is 0 Å². The molecule has 2 nitrogen and oxygen atoms in total. The zero-order valence-electron chi connectivity index (χ0n) is 12.8. The topological polar surface area (TPSA) is 20.3 Å². The Bertz CT molecular complexity index is 409. The molecule has 0 saturated carbocycles. The molecule has 1 aromatic carbocycles. The second-order valence-electron chi connectivity index (χ2n) is 6.19. The maximum absolute atomic E-state index is 12.4. The van der Waals surface area contributed by atoms with Crippen molar-refractivity contribution in [2.45, 2.75) is 38.6 Å². The molecule has 0 radical (unpaired) electrons. The van der Waals surface area contributed by atoms with Gasteiger partial charge in [0.25, 0.3) is 0 Å².